The first-order valence-electron chi connectivity index (χ1n) is 21.0. The van der Waals surface area contributed by atoms with Crippen LogP contribution in [0.2, 0.25) is 10.0 Å². The quantitative estimate of drug-likeness (QED) is 0.0333. The van der Waals surface area contributed by atoms with Gasteiger partial charge >= 0.3 is 0 Å². The summed E-state index contributed by atoms with van der Waals surface area (Å²) in [5.74, 6) is -4.14. The van der Waals surface area contributed by atoms with Gasteiger partial charge in [0.1, 0.15) is 17.2 Å². The van der Waals surface area contributed by atoms with Gasteiger partial charge in [0.25, 0.3) is 23.6 Å². The lowest BCUT2D eigenvalue weighted by Gasteiger charge is -2.19. The number of nitrogens with one attached hydrogen (secondary N) is 4. The van der Waals surface area contributed by atoms with E-state index in [1.165, 1.54) is 48.5 Å². The second-order valence-electron chi connectivity index (χ2n) is 14.9. The van der Waals surface area contributed by atoms with Crippen LogP contribution in [-0.2, 0) is 19.2 Å². The Balaban J connectivity index is 1.35. The summed E-state index contributed by atoms with van der Waals surface area (Å²) < 4.78 is 11.7. The molecule has 0 fully saturated rings. The molecule has 16 nitrogen and oxygen atoms in total. The van der Waals surface area contributed by atoms with Gasteiger partial charge in [0.05, 0.1) is 35.3 Å². The molecule has 68 heavy (non-hydrogen) atoms. The maximum Gasteiger partial charge on any atom is 0.259 e. The van der Waals surface area contributed by atoms with Crippen molar-refractivity contribution >= 4 is 116 Å². The summed E-state index contributed by atoms with van der Waals surface area (Å²) in [4.78, 5) is 79.5. The van der Waals surface area contributed by atoms with E-state index in [4.69, 9.17) is 55.9 Å². The zero-order valence-corrected chi connectivity index (χ0v) is 40.6. The molecule has 4 N–H and O–H groups in total. The predicted molar refractivity (Wildman–Crippen MR) is 264 cm³/mol. The van der Waals surface area contributed by atoms with E-state index in [-0.39, 0.29) is 79.4 Å². The number of alkyl halides is 2. The molecule has 354 valence electrons. The number of carbonyl (C=O) groups is 6. The third-order valence-corrected chi connectivity index (χ3v) is 10.5. The number of benzene rings is 5. The second kappa shape index (κ2) is 24.3. The highest BCUT2D eigenvalue weighted by Crippen LogP contribution is 2.39. The van der Waals surface area contributed by atoms with Gasteiger partial charge in [-0.2, -0.15) is 20.5 Å². The van der Waals surface area contributed by atoms with Gasteiger partial charge in [-0.1, -0.05) is 59.6 Å². The second-order valence-corrected chi connectivity index (χ2v) is 17.0. The van der Waals surface area contributed by atoms with E-state index in [1.807, 2.05) is 0 Å². The molecule has 4 atom stereocenters. The van der Waals surface area contributed by atoms with Gasteiger partial charge in [0.15, 0.2) is 11.6 Å². The fourth-order valence-electron chi connectivity index (χ4n) is 6.44. The normalized spacial score (nSPS) is 13.0. The van der Waals surface area contributed by atoms with Crippen LogP contribution in [-0.4, -0.2) is 60.5 Å². The molecule has 0 aliphatic rings. The first-order chi connectivity index (χ1) is 32.4. The minimum atomic E-state index is -1.69. The lowest BCUT2D eigenvalue weighted by atomic mass is 10.1. The number of ether oxygens (including phenoxy) is 2. The summed E-state index contributed by atoms with van der Waals surface area (Å²) in [6.07, 6.45) is 0. The number of hydrogen-bond acceptors (Lipinski definition) is 12. The number of anilines is 4. The molecular formula is C48H46Cl4N8O8. The van der Waals surface area contributed by atoms with Gasteiger partial charge < -0.3 is 30.7 Å². The highest BCUT2D eigenvalue weighted by atomic mass is 35.5. The molecular weight excluding hydrogens is 958 g/mol. The molecule has 0 heterocycles. The molecule has 0 spiro atoms. The molecule has 0 aliphatic carbocycles. The number of azo groups is 2. The Kier molecular flexibility index (Phi) is 18.7. The van der Waals surface area contributed by atoms with Crippen molar-refractivity contribution < 1.29 is 38.2 Å². The van der Waals surface area contributed by atoms with E-state index in [2.05, 4.69) is 41.7 Å². The van der Waals surface area contributed by atoms with Crippen LogP contribution in [0.4, 0.5) is 34.1 Å². The Labute approximate surface area is 412 Å². The number of amides is 4. The van der Waals surface area contributed by atoms with Crippen molar-refractivity contribution in [1.82, 2.24) is 0 Å². The van der Waals surface area contributed by atoms with Gasteiger partial charge in [-0.15, -0.1) is 23.2 Å². The van der Waals surface area contributed by atoms with Crippen molar-refractivity contribution in [2.75, 3.05) is 34.5 Å². The fourth-order valence-corrected chi connectivity index (χ4v) is 7.28. The zero-order chi connectivity index (χ0) is 49.7. The summed E-state index contributed by atoms with van der Waals surface area (Å²) in [6, 6.07) is 21.9. The molecule has 0 saturated heterocycles. The molecule has 0 radical (unpaired) electrons. The standard InChI is InChI=1S/C48H46Cl4N8O8/c1-7-67-40-23-33(53-47(65)42(27(5)61)59-57-34-19-29(17-31(51)21-34)45(63)54-38-15-11-9-13-36(38)25(3)49)24-41(68-8-2)44(40)56-48(66)43(28(6)62)60-58-35-20-30(18-32(52)22-35)46(64)55-39-16-12-10-14-37(39)26(4)50/h9-26,42-43H,7-8H2,1-6H3,(H,53,65)(H,54,63)(H,55,64)(H,56,66). The van der Waals surface area contributed by atoms with Crippen molar-refractivity contribution in [3.8, 4) is 11.5 Å². The number of ketones is 2. The summed E-state index contributed by atoms with van der Waals surface area (Å²) in [5, 5.41) is 26.6. The van der Waals surface area contributed by atoms with Crippen LogP contribution in [0, 0.1) is 0 Å². The molecule has 0 aromatic heterocycles. The van der Waals surface area contributed by atoms with Crippen LogP contribution < -0.4 is 30.7 Å². The monoisotopic (exact) mass is 1000 g/mol. The summed E-state index contributed by atoms with van der Waals surface area (Å²) in [5.41, 5.74) is 2.90. The maximum atomic E-state index is 13.8. The van der Waals surface area contributed by atoms with E-state index >= 15 is 0 Å². The SMILES string of the molecule is CCOc1cc(NC(=O)C(N=Nc2cc(Cl)cc(C(=O)Nc3ccccc3C(C)Cl)c2)C(C)=O)cc(OCC)c1NC(=O)C(N=Nc1cc(Cl)cc(C(=O)Nc2ccccc2C(C)Cl)c1)C(C)=O. The smallest absolute Gasteiger partial charge is 0.259 e. The average molecular weight is 1000 g/mol. The lowest BCUT2D eigenvalue weighted by molar-refractivity contribution is -0.127. The Morgan fingerprint density at radius 3 is 1.34 bits per heavy atom. The third-order valence-electron chi connectivity index (χ3n) is 9.59. The van der Waals surface area contributed by atoms with E-state index in [0.29, 0.717) is 22.5 Å². The molecule has 5 aromatic rings. The summed E-state index contributed by atoms with van der Waals surface area (Å²) >= 11 is 25.3. The zero-order valence-electron chi connectivity index (χ0n) is 37.5. The van der Waals surface area contributed by atoms with Crippen molar-refractivity contribution in [1.29, 1.82) is 0 Å². The van der Waals surface area contributed by atoms with E-state index in [9.17, 15) is 28.8 Å². The Morgan fingerprint density at radius 1 is 0.559 bits per heavy atom. The van der Waals surface area contributed by atoms with Crippen LogP contribution in [0.3, 0.4) is 0 Å². The highest BCUT2D eigenvalue weighted by Gasteiger charge is 2.28. The van der Waals surface area contributed by atoms with Gasteiger partial charge in [-0.05, 0) is 101 Å². The Hall–Kier alpha value is -6.72. The minimum absolute atomic E-state index is 0.00401. The fraction of sp³-hybridized carbons (Fsp3) is 0.250. The number of para-hydroxylation sites is 2. The average Bonchev–Trinajstić information content (AvgIpc) is 3.27. The molecule has 4 amide bonds. The van der Waals surface area contributed by atoms with Crippen LogP contribution in [0.25, 0.3) is 0 Å². The van der Waals surface area contributed by atoms with E-state index in [0.717, 1.165) is 13.8 Å². The molecule has 0 bridgehead atoms. The van der Waals surface area contributed by atoms with E-state index in [1.54, 1.807) is 76.2 Å². The van der Waals surface area contributed by atoms with Gasteiger partial charge in [-0.25, -0.2) is 0 Å². The first kappa shape index (κ1) is 52.3. The number of carbonyl (C=O) groups excluding carboxylic acids is 6. The number of nitrogens with zero attached hydrogens (tertiary/aromatic N) is 4. The maximum absolute atomic E-state index is 13.8. The van der Waals surface area contributed by atoms with Gasteiger partial charge in [0.2, 0.25) is 12.1 Å². The van der Waals surface area contributed by atoms with E-state index < -0.39 is 47.3 Å². The van der Waals surface area contributed by atoms with Gasteiger partial charge in [-0.3, -0.25) is 28.8 Å². The van der Waals surface area contributed by atoms with Crippen molar-refractivity contribution in [3.05, 3.63) is 129 Å². The molecule has 20 heteroatoms. The number of halogens is 4. The molecule has 0 aliphatic heterocycles. The van der Waals surface area contributed by atoms with Crippen molar-refractivity contribution in [3.63, 3.8) is 0 Å². The number of hydrogen-bond donors (Lipinski definition) is 4. The minimum Gasteiger partial charge on any atom is -0.491 e. The Bertz CT molecular complexity index is 2760. The predicted octanol–water partition coefficient (Wildman–Crippen LogP) is 12.3. The van der Waals surface area contributed by atoms with Gasteiger partial charge in [0, 0.05) is 50.4 Å². The molecule has 4 unspecified atom stereocenters. The molecule has 0 saturated carbocycles. The molecule has 5 aromatic carbocycles. The molecule has 5 rings (SSSR count). The van der Waals surface area contributed by atoms with Crippen LogP contribution in [0.15, 0.2) is 118 Å². The van der Waals surface area contributed by atoms with Crippen molar-refractivity contribution in [2.45, 2.75) is 64.4 Å². The third kappa shape index (κ3) is 14.2. The Morgan fingerprint density at radius 2 is 0.956 bits per heavy atom. The summed E-state index contributed by atoms with van der Waals surface area (Å²) in [7, 11) is 0. The largest absolute Gasteiger partial charge is 0.491 e. The van der Waals surface area contributed by atoms with Crippen LogP contribution >= 0.6 is 46.4 Å². The van der Waals surface area contributed by atoms with Crippen molar-refractivity contribution in [2.24, 2.45) is 20.5 Å². The first-order valence-corrected chi connectivity index (χ1v) is 22.6. The topological polar surface area (TPSA) is 218 Å². The van der Waals surface area contributed by atoms with Crippen LogP contribution in [0.5, 0.6) is 11.5 Å². The number of rotatable bonds is 20. The highest BCUT2D eigenvalue weighted by molar-refractivity contribution is 6.32. The van der Waals surface area contributed by atoms with Crippen LogP contribution in [0.1, 0.15) is 84.1 Å². The lowest BCUT2D eigenvalue weighted by Crippen LogP contribution is -2.32. The summed E-state index contributed by atoms with van der Waals surface area (Å²) in [6.45, 7) is 9.38. The number of Topliss-reactive ketones (excluding diaryl/α,β-unsaturated/α-hetero) is 2.